The Morgan fingerprint density at radius 1 is 0.742 bits per heavy atom. The first kappa shape index (κ1) is 22.6. The van der Waals surface area contributed by atoms with Crippen molar-refractivity contribution < 1.29 is 13.5 Å². The minimum absolute atomic E-state index is 0.135. The molecule has 2 N–H and O–H groups in total. The maximum Gasteiger partial charge on any atom is 0.284 e. The second kappa shape index (κ2) is 8.55. The van der Waals surface area contributed by atoms with Gasteiger partial charge in [0.05, 0.1) is 4.90 Å². The first-order valence-corrected chi connectivity index (χ1v) is 11.5. The lowest BCUT2D eigenvalue weighted by atomic mass is 9.97. The van der Waals surface area contributed by atoms with E-state index in [1.807, 2.05) is 65.8 Å². The topological polar surface area (TPSA) is 78.8 Å². The highest BCUT2D eigenvalue weighted by molar-refractivity contribution is 7.90. The molecule has 0 fully saturated rings. The van der Waals surface area contributed by atoms with Gasteiger partial charge in [0, 0.05) is 11.3 Å². The summed E-state index contributed by atoms with van der Waals surface area (Å²) in [6.45, 7) is 11.3. The summed E-state index contributed by atoms with van der Waals surface area (Å²) in [5.74, 6) is 0.484. The lowest BCUT2D eigenvalue weighted by molar-refractivity contribution is 0.466. The number of aromatic hydroxyl groups is 1. The minimum Gasteiger partial charge on any atom is -0.507 e. The Kier molecular flexibility index (Phi) is 6.23. The zero-order valence-corrected chi connectivity index (χ0v) is 19.6. The molecule has 0 amide bonds. The molecule has 0 saturated heterocycles. The van der Waals surface area contributed by atoms with E-state index in [1.165, 1.54) is 0 Å². The van der Waals surface area contributed by atoms with Crippen LogP contribution in [-0.4, -0.2) is 19.4 Å². The van der Waals surface area contributed by atoms with Crippen LogP contribution in [0.5, 0.6) is 5.75 Å². The van der Waals surface area contributed by atoms with Crippen LogP contribution in [0.15, 0.2) is 57.8 Å². The van der Waals surface area contributed by atoms with E-state index in [0.29, 0.717) is 5.56 Å². The van der Waals surface area contributed by atoms with Crippen LogP contribution in [0.25, 0.3) is 0 Å². The number of benzene rings is 3. The van der Waals surface area contributed by atoms with Gasteiger partial charge in [-0.15, -0.1) is 4.40 Å². The summed E-state index contributed by atoms with van der Waals surface area (Å²) in [7, 11) is -3.93. The highest BCUT2D eigenvalue weighted by Gasteiger charge is 2.19. The van der Waals surface area contributed by atoms with Crippen LogP contribution < -0.4 is 5.32 Å². The summed E-state index contributed by atoms with van der Waals surface area (Å²) in [5.41, 5.74) is 6.61. The van der Waals surface area contributed by atoms with Gasteiger partial charge in [0.1, 0.15) is 5.75 Å². The van der Waals surface area contributed by atoms with Crippen LogP contribution in [0.2, 0.25) is 0 Å². The van der Waals surface area contributed by atoms with Crippen LogP contribution in [-0.2, 0) is 10.0 Å². The van der Waals surface area contributed by atoms with E-state index in [2.05, 4.69) is 9.71 Å². The predicted molar refractivity (Wildman–Crippen MR) is 127 cm³/mol. The van der Waals surface area contributed by atoms with Crippen LogP contribution in [0.1, 0.15) is 38.9 Å². The molecule has 0 aromatic heterocycles. The van der Waals surface area contributed by atoms with Gasteiger partial charge in [-0.3, -0.25) is 0 Å². The van der Waals surface area contributed by atoms with E-state index in [-0.39, 0.29) is 16.5 Å². The molecule has 3 aromatic rings. The molecular formula is C25H28N2O3S. The Hall–Kier alpha value is -3.12. The zero-order valence-electron chi connectivity index (χ0n) is 18.7. The van der Waals surface area contributed by atoms with Gasteiger partial charge in [-0.1, -0.05) is 47.5 Å². The van der Waals surface area contributed by atoms with Gasteiger partial charge in [-0.2, -0.15) is 8.42 Å². The standard InChI is InChI=1S/C25H28N2O3S/c1-15-7-11-21(12-8-15)25(27-31(29,30)22-13-9-16(2)10-14-22)26-23-17(3)19(5)24(28)20(6)18(23)4/h7-14,28H,1-6H3,(H,26,27). The van der Waals surface area contributed by atoms with E-state index in [4.69, 9.17) is 0 Å². The number of phenolic OH excluding ortho intramolecular Hbond substituents is 1. The molecule has 3 aromatic carbocycles. The summed E-state index contributed by atoms with van der Waals surface area (Å²) < 4.78 is 30.3. The quantitative estimate of drug-likeness (QED) is 0.322. The fraction of sp³-hybridized carbons (Fsp3) is 0.240. The molecule has 0 bridgehead atoms. The van der Waals surface area contributed by atoms with Crippen molar-refractivity contribution in [1.29, 1.82) is 0 Å². The van der Waals surface area contributed by atoms with Crippen molar-refractivity contribution >= 4 is 21.5 Å². The lowest BCUT2D eigenvalue weighted by Crippen LogP contribution is -2.18. The number of nitrogens with one attached hydrogen (secondary N) is 1. The van der Waals surface area contributed by atoms with E-state index in [9.17, 15) is 13.5 Å². The van der Waals surface area contributed by atoms with Crippen molar-refractivity contribution in [2.24, 2.45) is 4.40 Å². The first-order valence-electron chi connectivity index (χ1n) is 10.1. The molecule has 31 heavy (non-hydrogen) atoms. The highest BCUT2D eigenvalue weighted by Crippen LogP contribution is 2.35. The van der Waals surface area contributed by atoms with Gasteiger partial charge in [0.2, 0.25) is 0 Å². The zero-order chi connectivity index (χ0) is 22.9. The Labute approximate surface area is 184 Å². The van der Waals surface area contributed by atoms with Gasteiger partial charge in [0.25, 0.3) is 10.0 Å². The Morgan fingerprint density at radius 3 is 1.68 bits per heavy atom. The molecule has 0 spiro atoms. The second-order valence-electron chi connectivity index (χ2n) is 7.94. The molecule has 0 saturated carbocycles. The van der Waals surface area contributed by atoms with Gasteiger partial charge in [-0.25, -0.2) is 0 Å². The summed E-state index contributed by atoms with van der Waals surface area (Å²) in [6, 6.07) is 14.1. The number of sulfonamides is 1. The first-order chi connectivity index (χ1) is 14.5. The minimum atomic E-state index is -3.93. The third-order valence-electron chi connectivity index (χ3n) is 5.68. The SMILES string of the molecule is Cc1ccc(/C(=N\S(=O)(=O)c2ccc(C)cc2)Nc2c(C)c(C)c(O)c(C)c2C)cc1. The van der Waals surface area contributed by atoms with Crippen molar-refractivity contribution in [1.82, 2.24) is 0 Å². The number of hydrogen-bond acceptors (Lipinski definition) is 3. The molecule has 3 rings (SSSR count). The summed E-state index contributed by atoms with van der Waals surface area (Å²) in [6.07, 6.45) is 0. The molecule has 0 aliphatic rings. The number of rotatable bonds is 4. The number of aryl methyl sites for hydroxylation is 2. The van der Waals surface area contributed by atoms with Crippen molar-refractivity contribution in [3.8, 4) is 5.75 Å². The van der Waals surface area contributed by atoms with Gasteiger partial charge >= 0.3 is 0 Å². The third-order valence-corrected chi connectivity index (χ3v) is 6.97. The Morgan fingerprint density at radius 2 is 1.19 bits per heavy atom. The van der Waals surface area contributed by atoms with Crippen molar-refractivity contribution in [3.05, 3.63) is 87.5 Å². The average Bonchev–Trinajstić information content (AvgIpc) is 2.74. The van der Waals surface area contributed by atoms with Crippen LogP contribution >= 0.6 is 0 Å². The summed E-state index contributed by atoms with van der Waals surface area (Å²) >= 11 is 0. The predicted octanol–water partition coefficient (Wildman–Crippen LogP) is 5.49. The Bertz CT molecular complexity index is 1230. The molecule has 6 heteroatoms. The van der Waals surface area contributed by atoms with Crippen molar-refractivity contribution in [2.45, 2.75) is 46.4 Å². The lowest BCUT2D eigenvalue weighted by Gasteiger charge is -2.20. The maximum absolute atomic E-state index is 13.1. The van der Waals surface area contributed by atoms with Gasteiger partial charge in [0.15, 0.2) is 5.84 Å². The number of anilines is 1. The smallest absolute Gasteiger partial charge is 0.284 e. The number of hydrogen-bond donors (Lipinski definition) is 2. The molecule has 0 atom stereocenters. The molecule has 0 aliphatic carbocycles. The maximum atomic E-state index is 13.1. The van der Waals surface area contributed by atoms with Crippen LogP contribution in [0.4, 0.5) is 5.69 Å². The monoisotopic (exact) mass is 436 g/mol. The van der Waals surface area contributed by atoms with Crippen molar-refractivity contribution in [2.75, 3.05) is 5.32 Å². The number of nitrogens with zero attached hydrogens (tertiary/aromatic N) is 1. The summed E-state index contributed by atoms with van der Waals surface area (Å²) in [5, 5.41) is 13.6. The largest absolute Gasteiger partial charge is 0.507 e. The molecule has 0 radical (unpaired) electrons. The van der Waals surface area contributed by atoms with Gasteiger partial charge < -0.3 is 10.4 Å². The fourth-order valence-electron chi connectivity index (χ4n) is 3.34. The highest BCUT2D eigenvalue weighted by atomic mass is 32.2. The van der Waals surface area contributed by atoms with E-state index in [1.54, 1.807) is 24.3 Å². The molecule has 0 heterocycles. The van der Waals surface area contributed by atoms with Crippen LogP contribution in [0, 0.1) is 41.5 Å². The Balaban J connectivity index is 2.18. The fourth-order valence-corrected chi connectivity index (χ4v) is 4.32. The van der Waals surface area contributed by atoms with Crippen LogP contribution in [0.3, 0.4) is 0 Å². The normalized spacial score (nSPS) is 12.1. The molecule has 5 nitrogen and oxygen atoms in total. The van der Waals surface area contributed by atoms with Crippen molar-refractivity contribution in [3.63, 3.8) is 0 Å². The van der Waals surface area contributed by atoms with E-state index in [0.717, 1.165) is 39.1 Å². The number of phenols is 1. The average molecular weight is 437 g/mol. The molecule has 162 valence electrons. The summed E-state index contributed by atoms with van der Waals surface area (Å²) in [4.78, 5) is 0.135. The van der Waals surface area contributed by atoms with E-state index >= 15 is 0 Å². The third kappa shape index (κ3) is 4.64. The van der Waals surface area contributed by atoms with Gasteiger partial charge in [-0.05, 0) is 75.9 Å². The van der Waals surface area contributed by atoms with E-state index < -0.39 is 10.0 Å². The molecular weight excluding hydrogens is 408 g/mol. The molecule has 0 unspecified atom stereocenters. The second-order valence-corrected chi connectivity index (χ2v) is 9.55. The molecule has 0 aliphatic heterocycles. The number of amidine groups is 1.